The molecular formula is C23H30N3O3S+. The van der Waals surface area contributed by atoms with Gasteiger partial charge in [0.1, 0.15) is 5.75 Å². The van der Waals surface area contributed by atoms with Crippen LogP contribution in [-0.2, 0) is 9.59 Å². The molecule has 160 valence electrons. The van der Waals surface area contributed by atoms with Crippen molar-refractivity contribution >= 4 is 35.0 Å². The van der Waals surface area contributed by atoms with Crippen molar-refractivity contribution in [3.8, 4) is 5.75 Å². The Morgan fingerprint density at radius 3 is 2.60 bits per heavy atom. The number of fused-ring (bicyclic) bond motifs is 1. The van der Waals surface area contributed by atoms with E-state index in [2.05, 4.69) is 18.3 Å². The summed E-state index contributed by atoms with van der Waals surface area (Å²) in [6.45, 7) is 6.14. The molecule has 0 bridgehead atoms. The summed E-state index contributed by atoms with van der Waals surface area (Å²) in [6.07, 6.45) is 0.949. The highest BCUT2D eigenvalue weighted by molar-refractivity contribution is 8.00. The van der Waals surface area contributed by atoms with Gasteiger partial charge in [0.2, 0.25) is 0 Å². The van der Waals surface area contributed by atoms with Crippen molar-refractivity contribution in [2.45, 2.75) is 30.4 Å². The summed E-state index contributed by atoms with van der Waals surface area (Å²) in [6, 6.07) is 15.3. The second-order valence-electron chi connectivity index (χ2n) is 7.46. The molecule has 0 fully saturated rings. The van der Waals surface area contributed by atoms with Crippen molar-refractivity contribution in [1.82, 2.24) is 0 Å². The van der Waals surface area contributed by atoms with Crippen LogP contribution in [0.15, 0.2) is 53.4 Å². The molecule has 0 saturated heterocycles. The Bertz CT molecular complexity index is 872. The highest BCUT2D eigenvalue weighted by Gasteiger charge is 2.27. The van der Waals surface area contributed by atoms with Gasteiger partial charge in [0, 0.05) is 22.4 Å². The molecule has 2 N–H and O–H groups in total. The quantitative estimate of drug-likeness (QED) is 0.711. The smallest absolute Gasteiger partial charge is 0.282 e. The number of thioether (sulfide) groups is 1. The molecule has 2 atom stereocenters. The van der Waals surface area contributed by atoms with Gasteiger partial charge in [0.05, 0.1) is 19.3 Å². The monoisotopic (exact) mass is 428 g/mol. The molecule has 2 aromatic carbocycles. The van der Waals surface area contributed by atoms with Crippen molar-refractivity contribution in [2.24, 2.45) is 0 Å². The summed E-state index contributed by atoms with van der Waals surface area (Å²) < 4.78 is 5.14. The molecule has 0 aromatic heterocycles. The van der Waals surface area contributed by atoms with Crippen molar-refractivity contribution in [2.75, 3.05) is 43.5 Å². The second kappa shape index (κ2) is 10.5. The number of para-hydroxylation sites is 1. The molecule has 7 heteroatoms. The molecule has 1 unspecified atom stereocenters. The maximum atomic E-state index is 13.2. The van der Waals surface area contributed by atoms with Gasteiger partial charge in [0.15, 0.2) is 13.1 Å². The first kappa shape index (κ1) is 22.2. The number of anilines is 2. The van der Waals surface area contributed by atoms with Crippen LogP contribution in [0, 0.1) is 0 Å². The fourth-order valence-electron chi connectivity index (χ4n) is 3.47. The van der Waals surface area contributed by atoms with Gasteiger partial charge < -0.3 is 19.9 Å². The SMILES string of the molecule is CC[NH+](CC(=O)Nc1ccc(OC)cc1)CC(=O)N1CC[C@@H](C)Sc2ccccc21. The highest BCUT2D eigenvalue weighted by Crippen LogP contribution is 2.37. The molecule has 1 aliphatic rings. The van der Waals surface area contributed by atoms with E-state index < -0.39 is 0 Å². The second-order valence-corrected chi connectivity index (χ2v) is 8.94. The number of nitrogens with zero attached hydrogens (tertiary/aromatic N) is 1. The lowest BCUT2D eigenvalue weighted by Crippen LogP contribution is -3.14. The molecule has 1 heterocycles. The third-order valence-electron chi connectivity index (χ3n) is 5.23. The number of rotatable bonds is 7. The molecule has 30 heavy (non-hydrogen) atoms. The molecule has 3 rings (SSSR count). The minimum atomic E-state index is -0.106. The lowest BCUT2D eigenvalue weighted by molar-refractivity contribution is -0.881. The summed E-state index contributed by atoms with van der Waals surface area (Å²) >= 11 is 1.82. The molecule has 0 aliphatic carbocycles. The molecule has 0 radical (unpaired) electrons. The first-order valence-electron chi connectivity index (χ1n) is 10.3. The van der Waals surface area contributed by atoms with Gasteiger partial charge in [-0.2, -0.15) is 0 Å². The highest BCUT2D eigenvalue weighted by atomic mass is 32.2. The molecule has 2 amide bonds. The Hall–Kier alpha value is -2.51. The van der Waals surface area contributed by atoms with E-state index in [9.17, 15) is 9.59 Å². The summed E-state index contributed by atoms with van der Waals surface area (Å²) in [7, 11) is 1.61. The first-order chi connectivity index (χ1) is 14.5. The van der Waals surface area contributed by atoms with E-state index in [0.29, 0.717) is 24.9 Å². The Morgan fingerprint density at radius 2 is 1.90 bits per heavy atom. The van der Waals surface area contributed by atoms with Crippen LogP contribution < -0.4 is 19.9 Å². The van der Waals surface area contributed by atoms with Gasteiger partial charge in [-0.25, -0.2) is 0 Å². The number of amides is 2. The van der Waals surface area contributed by atoms with Crippen LogP contribution in [0.1, 0.15) is 20.3 Å². The van der Waals surface area contributed by atoms with E-state index in [1.54, 1.807) is 31.4 Å². The van der Waals surface area contributed by atoms with Gasteiger partial charge in [0.25, 0.3) is 11.8 Å². The predicted molar refractivity (Wildman–Crippen MR) is 122 cm³/mol. The summed E-state index contributed by atoms with van der Waals surface area (Å²) in [4.78, 5) is 29.6. The number of quaternary nitrogens is 1. The van der Waals surface area contributed by atoms with Gasteiger partial charge in [-0.05, 0) is 49.7 Å². The van der Waals surface area contributed by atoms with Crippen LogP contribution in [-0.4, -0.2) is 50.4 Å². The number of nitrogens with one attached hydrogen (secondary N) is 2. The van der Waals surface area contributed by atoms with Crippen molar-refractivity contribution in [1.29, 1.82) is 0 Å². The van der Waals surface area contributed by atoms with Crippen LogP contribution in [0.25, 0.3) is 0 Å². The number of carbonyl (C=O) groups excluding carboxylic acids is 2. The van der Waals surface area contributed by atoms with E-state index in [1.807, 2.05) is 41.8 Å². The van der Waals surface area contributed by atoms with Crippen molar-refractivity contribution < 1.29 is 19.2 Å². The first-order valence-corrected chi connectivity index (χ1v) is 11.2. The lowest BCUT2D eigenvalue weighted by Gasteiger charge is -2.25. The molecule has 0 spiro atoms. The fraction of sp³-hybridized carbons (Fsp3) is 0.391. The van der Waals surface area contributed by atoms with E-state index >= 15 is 0 Å². The van der Waals surface area contributed by atoms with Crippen LogP contribution >= 0.6 is 11.8 Å². The topological polar surface area (TPSA) is 63.1 Å². The molecule has 1 aliphatic heterocycles. The van der Waals surface area contributed by atoms with Crippen LogP contribution in [0.3, 0.4) is 0 Å². The minimum absolute atomic E-state index is 0.0613. The van der Waals surface area contributed by atoms with Crippen molar-refractivity contribution in [3.63, 3.8) is 0 Å². The summed E-state index contributed by atoms with van der Waals surface area (Å²) in [5, 5.41) is 3.37. The number of carbonyl (C=O) groups is 2. The van der Waals surface area contributed by atoms with Crippen LogP contribution in [0.2, 0.25) is 0 Å². The Balaban J connectivity index is 1.62. The lowest BCUT2D eigenvalue weighted by atomic mass is 10.2. The minimum Gasteiger partial charge on any atom is -0.497 e. The van der Waals surface area contributed by atoms with Crippen LogP contribution in [0.4, 0.5) is 11.4 Å². The van der Waals surface area contributed by atoms with Crippen LogP contribution in [0.5, 0.6) is 5.75 Å². The van der Waals surface area contributed by atoms with E-state index in [-0.39, 0.29) is 18.4 Å². The largest absolute Gasteiger partial charge is 0.497 e. The molecule has 2 aromatic rings. The number of methoxy groups -OCH3 is 1. The standard InChI is InChI=1S/C23H29N3O3S/c1-4-25(15-22(27)24-18-9-11-19(29-3)12-10-18)16-23(28)26-14-13-17(2)30-21-8-6-5-7-20(21)26/h5-12,17H,4,13-16H2,1-3H3,(H,24,27)/p+1/t17-/m1/s1. The van der Waals surface area contributed by atoms with Gasteiger partial charge in [-0.15, -0.1) is 11.8 Å². The van der Waals surface area contributed by atoms with Gasteiger partial charge in [-0.1, -0.05) is 19.1 Å². The average Bonchev–Trinajstić information content (AvgIpc) is 2.91. The number of benzene rings is 2. The summed E-state index contributed by atoms with van der Waals surface area (Å²) in [5.41, 5.74) is 1.70. The zero-order chi connectivity index (χ0) is 21.5. The zero-order valence-corrected chi connectivity index (χ0v) is 18.6. The third kappa shape index (κ3) is 5.77. The normalized spacial score (nSPS) is 16.9. The molecule has 6 nitrogen and oxygen atoms in total. The van der Waals surface area contributed by atoms with Gasteiger partial charge in [-0.3, -0.25) is 9.59 Å². The number of ether oxygens (including phenoxy) is 1. The molecular weight excluding hydrogens is 398 g/mol. The van der Waals surface area contributed by atoms with E-state index in [1.165, 1.54) is 0 Å². The predicted octanol–water partition coefficient (Wildman–Crippen LogP) is 2.46. The molecule has 0 saturated carbocycles. The number of likely N-dealkylation sites (N-methyl/N-ethyl adjacent to an activating group) is 1. The fourth-order valence-corrected chi connectivity index (χ4v) is 4.59. The maximum Gasteiger partial charge on any atom is 0.282 e. The van der Waals surface area contributed by atoms with E-state index in [4.69, 9.17) is 4.74 Å². The average molecular weight is 429 g/mol. The number of hydrogen-bond acceptors (Lipinski definition) is 4. The number of hydrogen-bond donors (Lipinski definition) is 2. The van der Waals surface area contributed by atoms with Crippen molar-refractivity contribution in [3.05, 3.63) is 48.5 Å². The Morgan fingerprint density at radius 1 is 1.17 bits per heavy atom. The zero-order valence-electron chi connectivity index (χ0n) is 17.8. The maximum absolute atomic E-state index is 13.2. The Labute approximate surface area is 182 Å². The summed E-state index contributed by atoms with van der Waals surface area (Å²) in [5.74, 6) is 0.695. The van der Waals surface area contributed by atoms with E-state index in [0.717, 1.165) is 33.3 Å². The van der Waals surface area contributed by atoms with Gasteiger partial charge >= 0.3 is 0 Å². The Kier molecular flexibility index (Phi) is 7.76. The third-order valence-corrected chi connectivity index (χ3v) is 6.47.